The number of hydrogen-bond acceptors (Lipinski definition) is 9. The number of rotatable bonds is 9. The summed E-state index contributed by atoms with van der Waals surface area (Å²) in [7, 11) is 0. The number of benzene rings is 3. The number of nitrogens with zero attached hydrogens (tertiary/aromatic N) is 5. The van der Waals surface area contributed by atoms with Crippen molar-refractivity contribution in [3.8, 4) is 5.75 Å². The van der Waals surface area contributed by atoms with Crippen LogP contribution in [0.15, 0.2) is 88.4 Å². The number of aromatic nitrogens is 3. The van der Waals surface area contributed by atoms with Crippen LogP contribution in [0.25, 0.3) is 0 Å². The van der Waals surface area contributed by atoms with Gasteiger partial charge in [0.2, 0.25) is 17.8 Å². The molecule has 1 aliphatic rings. The molecule has 1 aliphatic heterocycles. The molecule has 0 amide bonds. The molecule has 3 aromatic carbocycles. The second-order valence-corrected chi connectivity index (χ2v) is 9.12. The third kappa shape index (κ3) is 7.02. The molecule has 4 aromatic rings. The van der Waals surface area contributed by atoms with Crippen LogP contribution in [0.3, 0.4) is 0 Å². The first kappa shape index (κ1) is 24.7. The summed E-state index contributed by atoms with van der Waals surface area (Å²) in [6.07, 6.45) is 1.69. The third-order valence-electron chi connectivity index (χ3n) is 5.52. The molecule has 1 aromatic heterocycles. The van der Waals surface area contributed by atoms with E-state index in [-0.39, 0.29) is 0 Å². The zero-order valence-electron chi connectivity index (χ0n) is 20.0. The van der Waals surface area contributed by atoms with E-state index in [2.05, 4.69) is 51.6 Å². The Bertz CT molecular complexity index is 1330. The second-order valence-electron chi connectivity index (χ2n) is 8.20. The number of morpholine rings is 1. The summed E-state index contributed by atoms with van der Waals surface area (Å²) >= 11 is 3.53. The average molecular weight is 560 g/mol. The molecule has 0 aliphatic carbocycles. The van der Waals surface area contributed by atoms with E-state index in [1.165, 1.54) is 0 Å². The van der Waals surface area contributed by atoms with Crippen molar-refractivity contribution in [1.29, 1.82) is 0 Å². The van der Waals surface area contributed by atoms with Crippen LogP contribution in [0, 0.1) is 0 Å². The maximum atomic E-state index is 6.06. The number of para-hydroxylation sites is 1. The first-order chi connectivity index (χ1) is 18.2. The summed E-state index contributed by atoms with van der Waals surface area (Å²) < 4.78 is 12.5. The van der Waals surface area contributed by atoms with Crippen LogP contribution in [0.4, 0.5) is 23.5 Å². The molecule has 188 valence electrons. The first-order valence-electron chi connectivity index (χ1n) is 11.9. The van der Waals surface area contributed by atoms with E-state index in [4.69, 9.17) is 9.47 Å². The van der Waals surface area contributed by atoms with Crippen molar-refractivity contribution in [2.24, 2.45) is 5.10 Å². The highest BCUT2D eigenvalue weighted by atomic mass is 79.9. The lowest BCUT2D eigenvalue weighted by atomic mass is 10.2. The molecule has 1 fully saturated rings. The predicted octanol–water partition coefficient (Wildman–Crippen LogP) is 5.24. The topological polar surface area (TPSA) is 96.8 Å². The van der Waals surface area contributed by atoms with Crippen LogP contribution in [-0.4, -0.2) is 47.5 Å². The minimum atomic E-state index is 0.327. The van der Waals surface area contributed by atoms with Crippen molar-refractivity contribution in [1.82, 2.24) is 15.0 Å². The predicted molar refractivity (Wildman–Crippen MR) is 149 cm³/mol. The van der Waals surface area contributed by atoms with Crippen molar-refractivity contribution >= 4 is 45.7 Å². The van der Waals surface area contributed by atoms with Gasteiger partial charge in [-0.15, -0.1) is 0 Å². The zero-order chi connectivity index (χ0) is 25.3. The van der Waals surface area contributed by atoms with Crippen molar-refractivity contribution in [2.75, 3.05) is 41.9 Å². The highest BCUT2D eigenvalue weighted by Gasteiger charge is 2.17. The fourth-order valence-electron chi connectivity index (χ4n) is 3.67. The lowest BCUT2D eigenvalue weighted by Crippen LogP contribution is -2.37. The van der Waals surface area contributed by atoms with Crippen molar-refractivity contribution in [2.45, 2.75) is 6.61 Å². The Kier molecular flexibility index (Phi) is 8.19. The average Bonchev–Trinajstić information content (AvgIpc) is 2.94. The molecule has 10 heteroatoms. The Hall–Kier alpha value is -4.02. The lowest BCUT2D eigenvalue weighted by Gasteiger charge is -2.27. The van der Waals surface area contributed by atoms with E-state index < -0.39 is 0 Å². The number of ether oxygens (including phenoxy) is 2. The third-order valence-corrected chi connectivity index (χ3v) is 6.02. The smallest absolute Gasteiger partial charge is 0.250 e. The molecule has 0 atom stereocenters. The van der Waals surface area contributed by atoms with Gasteiger partial charge in [-0.25, -0.2) is 5.43 Å². The van der Waals surface area contributed by atoms with Crippen LogP contribution in [0.2, 0.25) is 0 Å². The Labute approximate surface area is 223 Å². The summed E-state index contributed by atoms with van der Waals surface area (Å²) in [6, 6.07) is 25.6. The first-order valence-corrected chi connectivity index (χ1v) is 12.7. The molecule has 0 saturated carbocycles. The SMILES string of the molecule is Brc1ccc(OCc2ccccc2)c(C=NNc2nc(Nc3ccccc3)nc(N3CCOCC3)n2)c1. The van der Waals surface area contributed by atoms with E-state index in [9.17, 15) is 0 Å². The quantitative estimate of drug-likeness (QED) is 0.212. The molecular formula is C27H26BrN7O2. The maximum Gasteiger partial charge on any atom is 0.250 e. The fourth-order valence-corrected chi connectivity index (χ4v) is 4.05. The summed E-state index contributed by atoms with van der Waals surface area (Å²) in [5.41, 5.74) is 5.73. The molecular weight excluding hydrogens is 534 g/mol. The van der Waals surface area contributed by atoms with Gasteiger partial charge in [0, 0.05) is 28.8 Å². The molecule has 2 heterocycles. The second kappa shape index (κ2) is 12.3. The number of anilines is 4. The minimum absolute atomic E-state index is 0.327. The standard InChI is InChI=1S/C27H26BrN7O2/c28-22-11-12-24(37-19-20-7-3-1-4-8-20)21(17-22)18-29-34-26-31-25(30-23-9-5-2-6-10-23)32-27(33-26)35-13-15-36-16-14-35/h1-12,17-18H,13-16,19H2,(H2,30,31,32,33,34). The van der Waals surface area contributed by atoms with Gasteiger partial charge in [0.1, 0.15) is 12.4 Å². The molecule has 0 unspecified atom stereocenters. The molecule has 0 bridgehead atoms. The number of halogens is 1. The Morgan fingerprint density at radius 2 is 1.65 bits per heavy atom. The lowest BCUT2D eigenvalue weighted by molar-refractivity contribution is 0.122. The van der Waals surface area contributed by atoms with E-state index in [1.807, 2.05) is 78.9 Å². The van der Waals surface area contributed by atoms with E-state index in [0.29, 0.717) is 56.5 Å². The van der Waals surface area contributed by atoms with E-state index in [0.717, 1.165) is 21.3 Å². The minimum Gasteiger partial charge on any atom is -0.488 e. The molecule has 0 spiro atoms. The molecule has 1 saturated heterocycles. The molecule has 2 N–H and O–H groups in total. The summed E-state index contributed by atoms with van der Waals surface area (Å²) in [5, 5.41) is 7.65. The van der Waals surface area contributed by atoms with Crippen molar-refractivity contribution < 1.29 is 9.47 Å². The Balaban J connectivity index is 1.34. The maximum absolute atomic E-state index is 6.06. The van der Waals surface area contributed by atoms with Crippen LogP contribution in [-0.2, 0) is 11.3 Å². The number of hydrogen-bond donors (Lipinski definition) is 2. The normalized spacial score (nSPS) is 13.5. The van der Waals surface area contributed by atoms with Crippen LogP contribution in [0.1, 0.15) is 11.1 Å². The van der Waals surface area contributed by atoms with Crippen molar-refractivity contribution in [3.63, 3.8) is 0 Å². The highest BCUT2D eigenvalue weighted by molar-refractivity contribution is 9.10. The van der Waals surface area contributed by atoms with Gasteiger partial charge in [-0.05, 0) is 35.9 Å². The number of nitrogens with one attached hydrogen (secondary N) is 2. The van der Waals surface area contributed by atoms with E-state index >= 15 is 0 Å². The molecule has 5 rings (SSSR count). The van der Waals surface area contributed by atoms with Gasteiger partial charge in [0.05, 0.1) is 19.4 Å². The van der Waals surface area contributed by atoms with Crippen LogP contribution in [0.5, 0.6) is 5.75 Å². The molecule has 0 radical (unpaired) electrons. The van der Waals surface area contributed by atoms with Gasteiger partial charge in [-0.3, -0.25) is 0 Å². The Morgan fingerprint density at radius 3 is 2.43 bits per heavy atom. The molecule has 37 heavy (non-hydrogen) atoms. The highest BCUT2D eigenvalue weighted by Crippen LogP contribution is 2.23. The van der Waals surface area contributed by atoms with Gasteiger partial charge in [-0.1, -0.05) is 64.5 Å². The summed E-state index contributed by atoms with van der Waals surface area (Å²) in [5.74, 6) is 2.03. The van der Waals surface area contributed by atoms with E-state index in [1.54, 1.807) is 6.21 Å². The van der Waals surface area contributed by atoms with Crippen LogP contribution < -0.4 is 20.4 Å². The summed E-state index contributed by atoms with van der Waals surface area (Å²) in [6.45, 7) is 3.13. The fraction of sp³-hybridized carbons (Fsp3) is 0.185. The van der Waals surface area contributed by atoms with Crippen LogP contribution >= 0.6 is 15.9 Å². The van der Waals surface area contributed by atoms with Gasteiger partial charge >= 0.3 is 0 Å². The molecule has 9 nitrogen and oxygen atoms in total. The summed E-state index contributed by atoms with van der Waals surface area (Å²) in [4.78, 5) is 15.8. The Morgan fingerprint density at radius 1 is 0.919 bits per heavy atom. The van der Waals surface area contributed by atoms with Gasteiger partial charge in [0.15, 0.2) is 0 Å². The largest absolute Gasteiger partial charge is 0.488 e. The van der Waals surface area contributed by atoms with Crippen molar-refractivity contribution in [3.05, 3.63) is 94.5 Å². The van der Waals surface area contributed by atoms with Gasteiger partial charge in [-0.2, -0.15) is 20.1 Å². The number of hydrazone groups is 1. The monoisotopic (exact) mass is 559 g/mol. The van der Waals surface area contributed by atoms with Gasteiger partial charge < -0.3 is 19.7 Å². The zero-order valence-corrected chi connectivity index (χ0v) is 21.6. The van der Waals surface area contributed by atoms with Gasteiger partial charge in [0.25, 0.3) is 0 Å².